The molecule has 0 bridgehead atoms. The molecule has 1 amide bonds. The fraction of sp³-hybridized carbons (Fsp3) is 0.238. The molecule has 2 heterocycles. The highest BCUT2D eigenvalue weighted by Gasteiger charge is 2.27. The molecule has 1 aromatic heterocycles. The van der Waals surface area contributed by atoms with E-state index in [9.17, 15) is 14.0 Å². The number of carbonyl (C=O) groups excluding carboxylic acids is 2. The van der Waals surface area contributed by atoms with E-state index in [0.29, 0.717) is 42.0 Å². The number of fused-ring (bicyclic) bond motifs is 2. The highest BCUT2D eigenvalue weighted by atomic mass is 19.1. The van der Waals surface area contributed by atoms with Crippen molar-refractivity contribution in [3.05, 3.63) is 65.1 Å². The van der Waals surface area contributed by atoms with Crippen molar-refractivity contribution >= 4 is 22.6 Å². The van der Waals surface area contributed by atoms with Crippen LogP contribution in [-0.4, -0.2) is 23.3 Å². The van der Waals surface area contributed by atoms with E-state index < -0.39 is 23.5 Å². The van der Waals surface area contributed by atoms with E-state index >= 15 is 0 Å². The monoisotopic (exact) mass is 366 g/mol. The first-order valence-electron chi connectivity index (χ1n) is 8.89. The highest BCUT2D eigenvalue weighted by molar-refractivity contribution is 6.45. The maximum atomic E-state index is 13.5. The molecule has 0 aliphatic carbocycles. The number of ether oxygens (including phenoxy) is 1. The van der Waals surface area contributed by atoms with Gasteiger partial charge in [-0.15, -0.1) is 0 Å². The number of hydrogen-bond acceptors (Lipinski definition) is 3. The summed E-state index contributed by atoms with van der Waals surface area (Å²) in [5.41, 5.74) is 2.54. The fourth-order valence-electron chi connectivity index (χ4n) is 3.60. The van der Waals surface area contributed by atoms with Crippen LogP contribution < -0.4 is 10.1 Å². The molecule has 1 aliphatic rings. The minimum Gasteiger partial charge on any atom is -0.493 e. The van der Waals surface area contributed by atoms with Crippen molar-refractivity contribution in [1.82, 2.24) is 10.3 Å². The van der Waals surface area contributed by atoms with Gasteiger partial charge in [-0.2, -0.15) is 0 Å². The molecule has 138 valence electrons. The summed E-state index contributed by atoms with van der Waals surface area (Å²) in [4.78, 5) is 28.7. The maximum Gasteiger partial charge on any atom is 0.292 e. The quantitative estimate of drug-likeness (QED) is 0.547. The zero-order valence-electron chi connectivity index (χ0n) is 14.8. The number of aromatic amines is 1. The van der Waals surface area contributed by atoms with Crippen molar-refractivity contribution < 1.29 is 18.7 Å². The fourth-order valence-corrected chi connectivity index (χ4v) is 3.60. The number of hydrogen-bond donors (Lipinski definition) is 2. The SMILES string of the molecule is Cc1[nH]c2ccccc2c1C(=O)C(=O)N[C@H]1CCCOc2cc(F)ccc21. The lowest BCUT2D eigenvalue weighted by atomic mass is 10.0. The maximum absolute atomic E-state index is 13.5. The van der Waals surface area contributed by atoms with Gasteiger partial charge in [0.2, 0.25) is 0 Å². The molecule has 1 aliphatic heterocycles. The van der Waals surface area contributed by atoms with Crippen LogP contribution in [0.5, 0.6) is 5.75 Å². The summed E-state index contributed by atoms with van der Waals surface area (Å²) < 4.78 is 19.1. The number of nitrogens with one attached hydrogen (secondary N) is 2. The van der Waals surface area contributed by atoms with Gasteiger partial charge < -0.3 is 15.0 Å². The standard InChI is InChI=1S/C21H19FN2O3/c1-12-19(15-5-2-3-6-17(15)23-12)20(25)21(26)24-16-7-4-10-27-18-11-13(22)8-9-14(16)18/h2-3,5-6,8-9,11,16,23H,4,7,10H2,1H3,(H,24,26)/t16-/m0/s1. The number of amides is 1. The summed E-state index contributed by atoms with van der Waals surface area (Å²) in [5, 5.41) is 3.53. The van der Waals surface area contributed by atoms with Crippen molar-refractivity contribution in [2.45, 2.75) is 25.8 Å². The Morgan fingerprint density at radius 1 is 1.22 bits per heavy atom. The van der Waals surface area contributed by atoms with Crippen LogP contribution in [0.2, 0.25) is 0 Å². The van der Waals surface area contributed by atoms with E-state index in [1.165, 1.54) is 12.1 Å². The van der Waals surface area contributed by atoms with Gasteiger partial charge in [0.1, 0.15) is 11.6 Å². The Morgan fingerprint density at radius 2 is 2.04 bits per heavy atom. The van der Waals surface area contributed by atoms with Crippen LogP contribution in [0.1, 0.15) is 40.5 Å². The molecule has 0 radical (unpaired) electrons. The topological polar surface area (TPSA) is 71.2 Å². The number of para-hydroxylation sites is 1. The molecule has 4 rings (SSSR count). The lowest BCUT2D eigenvalue weighted by molar-refractivity contribution is -0.117. The van der Waals surface area contributed by atoms with Gasteiger partial charge in [0.05, 0.1) is 18.2 Å². The summed E-state index contributed by atoms with van der Waals surface area (Å²) in [6, 6.07) is 11.2. The van der Waals surface area contributed by atoms with Crippen molar-refractivity contribution in [2.24, 2.45) is 0 Å². The van der Waals surface area contributed by atoms with Gasteiger partial charge in [-0.3, -0.25) is 9.59 Å². The number of rotatable bonds is 3. The molecule has 2 aromatic carbocycles. The molecule has 0 saturated heterocycles. The number of aryl methyl sites for hydroxylation is 1. The average molecular weight is 366 g/mol. The Hall–Kier alpha value is -3.15. The largest absolute Gasteiger partial charge is 0.493 e. The van der Waals surface area contributed by atoms with Crippen LogP contribution in [0.25, 0.3) is 10.9 Å². The van der Waals surface area contributed by atoms with Crippen molar-refractivity contribution in [1.29, 1.82) is 0 Å². The second kappa shape index (κ2) is 6.87. The van der Waals surface area contributed by atoms with E-state index in [2.05, 4.69) is 10.3 Å². The van der Waals surface area contributed by atoms with Crippen LogP contribution in [0.3, 0.4) is 0 Å². The van der Waals surface area contributed by atoms with Gasteiger partial charge in [0.25, 0.3) is 11.7 Å². The minimum atomic E-state index is -0.676. The molecule has 6 heteroatoms. The molecule has 0 spiro atoms. The summed E-state index contributed by atoms with van der Waals surface area (Å²) in [5.74, 6) is -1.25. The summed E-state index contributed by atoms with van der Waals surface area (Å²) in [6.07, 6.45) is 1.31. The van der Waals surface area contributed by atoms with Gasteiger partial charge in [-0.25, -0.2) is 4.39 Å². The predicted octanol–water partition coefficient (Wildman–Crippen LogP) is 3.83. The molecule has 0 fully saturated rings. The Labute approximate surface area is 155 Å². The van der Waals surface area contributed by atoms with E-state index in [0.717, 1.165) is 10.9 Å². The third-order valence-corrected chi connectivity index (χ3v) is 4.88. The van der Waals surface area contributed by atoms with Crippen LogP contribution in [0, 0.1) is 12.7 Å². The molecule has 3 aromatic rings. The van der Waals surface area contributed by atoms with E-state index in [-0.39, 0.29) is 0 Å². The predicted molar refractivity (Wildman–Crippen MR) is 99.4 cm³/mol. The molecular weight excluding hydrogens is 347 g/mol. The summed E-state index contributed by atoms with van der Waals surface area (Å²) in [6.45, 7) is 2.22. The third-order valence-electron chi connectivity index (χ3n) is 4.88. The second-order valence-electron chi connectivity index (χ2n) is 6.70. The number of aromatic nitrogens is 1. The van der Waals surface area contributed by atoms with Crippen LogP contribution in [-0.2, 0) is 4.79 Å². The van der Waals surface area contributed by atoms with Gasteiger partial charge in [-0.1, -0.05) is 24.3 Å². The Kier molecular flexibility index (Phi) is 4.39. The van der Waals surface area contributed by atoms with E-state index in [1.54, 1.807) is 13.0 Å². The first-order chi connectivity index (χ1) is 13.0. The molecule has 1 atom stereocenters. The van der Waals surface area contributed by atoms with Crippen molar-refractivity contribution in [2.75, 3.05) is 6.61 Å². The highest BCUT2D eigenvalue weighted by Crippen LogP contribution is 2.32. The van der Waals surface area contributed by atoms with Crippen molar-refractivity contribution in [3.63, 3.8) is 0 Å². The average Bonchev–Trinajstić information content (AvgIpc) is 2.86. The Morgan fingerprint density at radius 3 is 2.89 bits per heavy atom. The summed E-state index contributed by atoms with van der Waals surface area (Å²) >= 11 is 0. The normalized spacial score (nSPS) is 16.3. The number of halogens is 1. The second-order valence-corrected chi connectivity index (χ2v) is 6.70. The zero-order valence-corrected chi connectivity index (χ0v) is 14.8. The van der Waals surface area contributed by atoms with Crippen LogP contribution >= 0.6 is 0 Å². The van der Waals surface area contributed by atoms with Crippen LogP contribution in [0.4, 0.5) is 4.39 Å². The first-order valence-corrected chi connectivity index (χ1v) is 8.89. The van der Waals surface area contributed by atoms with Crippen LogP contribution in [0.15, 0.2) is 42.5 Å². The van der Waals surface area contributed by atoms with Gasteiger partial charge in [-0.05, 0) is 31.9 Å². The van der Waals surface area contributed by atoms with E-state index in [4.69, 9.17) is 4.74 Å². The van der Waals surface area contributed by atoms with Gasteiger partial charge >= 0.3 is 0 Å². The van der Waals surface area contributed by atoms with Crippen molar-refractivity contribution in [3.8, 4) is 5.75 Å². The number of carbonyl (C=O) groups is 2. The first kappa shape index (κ1) is 17.3. The third kappa shape index (κ3) is 3.18. The molecule has 27 heavy (non-hydrogen) atoms. The number of Topliss-reactive ketones (excluding diaryl/α,β-unsaturated/α-hetero) is 1. The summed E-state index contributed by atoms with van der Waals surface area (Å²) in [7, 11) is 0. The zero-order chi connectivity index (χ0) is 19.0. The van der Waals surface area contributed by atoms with Gasteiger partial charge in [0.15, 0.2) is 0 Å². The number of H-pyrrole nitrogens is 1. The number of benzene rings is 2. The molecule has 5 nitrogen and oxygen atoms in total. The minimum absolute atomic E-state index is 0.382. The van der Waals surface area contributed by atoms with Gasteiger partial charge in [0, 0.05) is 28.2 Å². The Bertz CT molecular complexity index is 1040. The lowest BCUT2D eigenvalue weighted by Gasteiger charge is -2.18. The smallest absolute Gasteiger partial charge is 0.292 e. The molecular formula is C21H19FN2O3. The molecule has 0 saturated carbocycles. The molecule has 0 unspecified atom stereocenters. The lowest BCUT2D eigenvalue weighted by Crippen LogP contribution is -2.34. The Balaban J connectivity index is 1.62. The number of ketones is 1. The molecule has 2 N–H and O–H groups in total. The van der Waals surface area contributed by atoms with E-state index in [1.807, 2.05) is 24.3 Å².